The van der Waals surface area contributed by atoms with Crippen molar-refractivity contribution >= 4 is 5.97 Å². The van der Waals surface area contributed by atoms with Crippen LogP contribution in [0.3, 0.4) is 0 Å². The van der Waals surface area contributed by atoms with Crippen LogP contribution >= 0.6 is 0 Å². The van der Waals surface area contributed by atoms with Crippen molar-refractivity contribution in [2.45, 2.75) is 72.1 Å². The topological polar surface area (TPSA) is 26.3 Å². The van der Waals surface area contributed by atoms with E-state index < -0.39 is 0 Å². The molecule has 0 heterocycles. The van der Waals surface area contributed by atoms with Gasteiger partial charge in [0.05, 0.1) is 12.5 Å². The van der Waals surface area contributed by atoms with Crippen molar-refractivity contribution < 1.29 is 9.53 Å². The summed E-state index contributed by atoms with van der Waals surface area (Å²) >= 11 is 0. The monoisotopic (exact) mass is 292 g/mol. The van der Waals surface area contributed by atoms with Crippen LogP contribution in [-0.2, 0) is 9.53 Å². The van der Waals surface area contributed by atoms with Crippen molar-refractivity contribution in [2.75, 3.05) is 7.11 Å². The fraction of sp³-hybridized carbons (Fsp3) is 0.947. The van der Waals surface area contributed by atoms with E-state index in [0.29, 0.717) is 11.3 Å². The predicted molar refractivity (Wildman–Crippen MR) is 84.8 cm³/mol. The first-order valence-electron chi connectivity index (χ1n) is 9.03. The van der Waals surface area contributed by atoms with E-state index in [0.717, 1.165) is 24.2 Å². The molecule has 0 spiro atoms. The minimum atomic E-state index is -0.252. The highest BCUT2D eigenvalue weighted by Gasteiger charge is 2.61. The molecule has 0 unspecified atom stereocenters. The fourth-order valence-electron chi connectivity index (χ4n) is 6.52. The molecule has 0 amide bonds. The van der Waals surface area contributed by atoms with E-state index in [1.54, 1.807) is 7.11 Å². The number of methoxy groups -OCH3 is 1. The Labute approximate surface area is 130 Å². The molecule has 3 fully saturated rings. The standard InChI is InChI=1S/C19H32O2/c1-13-11-12-18(2,17(20)21-4)16-10-9-14-7-5-6-8-15(14)19(13,16)3/h13-16H,5-12H2,1-4H3/t13-,14+,15-,16-,18-,19+/m1/s1. The Morgan fingerprint density at radius 2 is 1.76 bits per heavy atom. The summed E-state index contributed by atoms with van der Waals surface area (Å²) in [6.07, 6.45) is 10.4. The van der Waals surface area contributed by atoms with Gasteiger partial charge in [0, 0.05) is 0 Å². The molecule has 3 aliphatic carbocycles. The minimum absolute atomic E-state index is 0.0416. The maximum Gasteiger partial charge on any atom is 0.311 e. The van der Waals surface area contributed by atoms with Gasteiger partial charge in [-0.1, -0.05) is 33.1 Å². The van der Waals surface area contributed by atoms with Crippen LogP contribution in [0.2, 0.25) is 0 Å². The zero-order chi connectivity index (χ0) is 15.3. The lowest BCUT2D eigenvalue weighted by Crippen LogP contribution is -2.58. The Balaban J connectivity index is 1.98. The van der Waals surface area contributed by atoms with Gasteiger partial charge in [0.1, 0.15) is 0 Å². The molecule has 0 bridgehead atoms. The van der Waals surface area contributed by atoms with E-state index >= 15 is 0 Å². The molecule has 3 aliphatic rings. The van der Waals surface area contributed by atoms with Gasteiger partial charge in [0.2, 0.25) is 0 Å². The highest BCUT2D eigenvalue weighted by molar-refractivity contribution is 5.77. The molecule has 0 radical (unpaired) electrons. The highest BCUT2D eigenvalue weighted by atomic mass is 16.5. The quantitative estimate of drug-likeness (QED) is 0.648. The average Bonchev–Trinajstić information content (AvgIpc) is 2.51. The Hall–Kier alpha value is -0.530. The average molecular weight is 292 g/mol. The SMILES string of the molecule is COC(=O)[C@]1(C)CC[C@@H](C)[C@@]2(C)[C@@H]3CCCC[C@H]3CC[C@@H]21. The number of fused-ring (bicyclic) bond motifs is 3. The van der Waals surface area contributed by atoms with E-state index in [-0.39, 0.29) is 11.4 Å². The van der Waals surface area contributed by atoms with Crippen LogP contribution < -0.4 is 0 Å². The second-order valence-electron chi connectivity index (χ2n) is 8.50. The van der Waals surface area contributed by atoms with Gasteiger partial charge in [-0.3, -0.25) is 4.79 Å². The normalized spacial score (nSPS) is 49.9. The Kier molecular flexibility index (Phi) is 3.86. The molecule has 21 heavy (non-hydrogen) atoms. The number of carbonyl (C=O) groups is 1. The summed E-state index contributed by atoms with van der Waals surface area (Å²) in [5.74, 6) is 3.05. The molecule has 0 aromatic heterocycles. The van der Waals surface area contributed by atoms with Crippen LogP contribution in [0, 0.1) is 34.5 Å². The van der Waals surface area contributed by atoms with Crippen molar-refractivity contribution in [3.05, 3.63) is 0 Å². The van der Waals surface area contributed by atoms with Crippen LogP contribution in [0.5, 0.6) is 0 Å². The largest absolute Gasteiger partial charge is 0.469 e. The van der Waals surface area contributed by atoms with E-state index in [4.69, 9.17) is 4.74 Å². The summed E-state index contributed by atoms with van der Waals surface area (Å²) in [7, 11) is 1.56. The maximum absolute atomic E-state index is 12.5. The number of ether oxygens (including phenoxy) is 1. The van der Waals surface area contributed by atoms with Crippen LogP contribution in [0.4, 0.5) is 0 Å². The predicted octanol–water partition coefficient (Wildman–Crippen LogP) is 4.82. The summed E-state index contributed by atoms with van der Waals surface area (Å²) in [6, 6.07) is 0. The lowest BCUT2D eigenvalue weighted by Gasteiger charge is -2.62. The lowest BCUT2D eigenvalue weighted by atomic mass is 9.41. The van der Waals surface area contributed by atoms with E-state index in [1.165, 1.54) is 44.9 Å². The maximum atomic E-state index is 12.5. The third kappa shape index (κ3) is 2.08. The Bertz CT molecular complexity index is 418. The van der Waals surface area contributed by atoms with Gasteiger partial charge in [0.15, 0.2) is 0 Å². The molecule has 2 nitrogen and oxygen atoms in total. The van der Waals surface area contributed by atoms with Gasteiger partial charge < -0.3 is 4.74 Å². The number of rotatable bonds is 1. The van der Waals surface area contributed by atoms with Gasteiger partial charge in [0.25, 0.3) is 0 Å². The van der Waals surface area contributed by atoms with Crippen molar-refractivity contribution in [2.24, 2.45) is 34.5 Å². The highest BCUT2D eigenvalue weighted by Crippen LogP contribution is 2.65. The van der Waals surface area contributed by atoms with Crippen LogP contribution in [0.1, 0.15) is 72.1 Å². The minimum Gasteiger partial charge on any atom is -0.469 e. The summed E-state index contributed by atoms with van der Waals surface area (Å²) in [6.45, 7) is 7.16. The van der Waals surface area contributed by atoms with Crippen LogP contribution in [0.15, 0.2) is 0 Å². The molecule has 2 heteroatoms. The van der Waals surface area contributed by atoms with Gasteiger partial charge in [-0.25, -0.2) is 0 Å². The number of esters is 1. The van der Waals surface area contributed by atoms with Gasteiger partial charge in [-0.2, -0.15) is 0 Å². The summed E-state index contributed by atoms with van der Waals surface area (Å²) < 4.78 is 5.22. The molecule has 6 atom stereocenters. The van der Waals surface area contributed by atoms with Gasteiger partial charge in [-0.15, -0.1) is 0 Å². The summed E-state index contributed by atoms with van der Waals surface area (Å²) in [4.78, 5) is 12.5. The van der Waals surface area contributed by atoms with Crippen molar-refractivity contribution in [3.63, 3.8) is 0 Å². The van der Waals surface area contributed by atoms with Gasteiger partial charge >= 0.3 is 5.97 Å². The smallest absolute Gasteiger partial charge is 0.311 e. The van der Waals surface area contributed by atoms with Crippen molar-refractivity contribution in [1.29, 1.82) is 0 Å². The third-order valence-electron chi connectivity index (χ3n) is 7.86. The van der Waals surface area contributed by atoms with E-state index in [9.17, 15) is 4.79 Å². The first kappa shape index (κ1) is 15.4. The second-order valence-corrected chi connectivity index (χ2v) is 8.50. The van der Waals surface area contributed by atoms with Gasteiger partial charge in [-0.05, 0) is 68.1 Å². The zero-order valence-electron chi connectivity index (χ0n) is 14.3. The molecular formula is C19H32O2. The molecule has 0 aromatic carbocycles. The molecule has 120 valence electrons. The molecule has 3 saturated carbocycles. The fourth-order valence-corrected chi connectivity index (χ4v) is 6.52. The van der Waals surface area contributed by atoms with Crippen molar-refractivity contribution in [1.82, 2.24) is 0 Å². The number of carbonyl (C=O) groups excluding carboxylic acids is 1. The molecule has 0 N–H and O–H groups in total. The van der Waals surface area contributed by atoms with Crippen LogP contribution in [-0.4, -0.2) is 13.1 Å². The first-order chi connectivity index (χ1) is 9.94. The summed E-state index contributed by atoms with van der Waals surface area (Å²) in [5.41, 5.74) is 0.0863. The Morgan fingerprint density at radius 1 is 1.05 bits per heavy atom. The summed E-state index contributed by atoms with van der Waals surface area (Å²) in [5, 5.41) is 0. The van der Waals surface area contributed by atoms with E-state index in [1.807, 2.05) is 0 Å². The second kappa shape index (κ2) is 5.28. The Morgan fingerprint density at radius 3 is 2.48 bits per heavy atom. The molecule has 0 saturated heterocycles. The van der Waals surface area contributed by atoms with E-state index in [2.05, 4.69) is 20.8 Å². The number of hydrogen-bond donors (Lipinski definition) is 0. The molecular weight excluding hydrogens is 260 g/mol. The van der Waals surface area contributed by atoms with Crippen LogP contribution in [0.25, 0.3) is 0 Å². The third-order valence-corrected chi connectivity index (χ3v) is 7.86. The first-order valence-corrected chi connectivity index (χ1v) is 9.03. The molecule has 3 rings (SSSR count). The molecule has 0 aliphatic heterocycles. The zero-order valence-corrected chi connectivity index (χ0v) is 14.3. The number of hydrogen-bond acceptors (Lipinski definition) is 2. The lowest BCUT2D eigenvalue weighted by molar-refractivity contribution is -0.184. The molecule has 0 aromatic rings. The van der Waals surface area contributed by atoms with Crippen molar-refractivity contribution in [3.8, 4) is 0 Å².